The van der Waals surface area contributed by atoms with E-state index in [1.54, 1.807) is 30.3 Å². The first-order valence-electron chi connectivity index (χ1n) is 7.57. The minimum absolute atomic E-state index is 0.150. The van der Waals surface area contributed by atoms with Gasteiger partial charge in [0.1, 0.15) is 5.82 Å². The third kappa shape index (κ3) is 3.31. The first-order chi connectivity index (χ1) is 11.2. The van der Waals surface area contributed by atoms with Crippen LogP contribution in [-0.4, -0.2) is 25.7 Å². The van der Waals surface area contributed by atoms with Crippen molar-refractivity contribution >= 4 is 5.91 Å². The van der Waals surface area contributed by atoms with Gasteiger partial charge in [0.15, 0.2) is 0 Å². The fourth-order valence-corrected chi connectivity index (χ4v) is 2.42. The van der Waals surface area contributed by atoms with Crippen molar-refractivity contribution in [1.82, 2.24) is 25.1 Å². The molecular weight excluding hydrogens is 290 g/mol. The average Bonchev–Trinajstić information content (AvgIpc) is 3.22. The summed E-state index contributed by atoms with van der Waals surface area (Å²) >= 11 is 0. The summed E-state index contributed by atoms with van der Waals surface area (Å²) < 4.78 is 1.61. The van der Waals surface area contributed by atoms with Gasteiger partial charge in [0.25, 0.3) is 5.91 Å². The molecule has 1 atom stereocenters. The van der Waals surface area contributed by atoms with Crippen LogP contribution in [0.25, 0.3) is 11.3 Å². The Bertz CT molecular complexity index is 790. The predicted molar refractivity (Wildman–Crippen MR) is 87.7 cm³/mol. The van der Waals surface area contributed by atoms with Gasteiger partial charge in [-0.05, 0) is 12.0 Å². The van der Waals surface area contributed by atoms with Gasteiger partial charge in [-0.2, -0.15) is 5.10 Å². The summed E-state index contributed by atoms with van der Waals surface area (Å²) in [5.41, 5.74) is 2.55. The first-order valence-corrected chi connectivity index (χ1v) is 7.57. The van der Waals surface area contributed by atoms with Crippen LogP contribution in [0, 0.1) is 0 Å². The second-order valence-corrected chi connectivity index (χ2v) is 5.39. The lowest BCUT2D eigenvalue weighted by Crippen LogP contribution is -2.28. The Balaban J connectivity index is 1.76. The minimum atomic E-state index is -0.167. The van der Waals surface area contributed by atoms with Crippen LogP contribution in [0.3, 0.4) is 0 Å². The van der Waals surface area contributed by atoms with Crippen LogP contribution in [0.1, 0.15) is 35.6 Å². The zero-order valence-electron chi connectivity index (χ0n) is 13.2. The molecule has 0 fully saturated rings. The SMILES string of the molecule is CC[C@@H](NC(=O)c1cnn(C)c1)c1ncc(-c2ccccc2)[nH]1. The van der Waals surface area contributed by atoms with Crippen molar-refractivity contribution in [3.05, 3.63) is 60.3 Å². The molecule has 0 aliphatic carbocycles. The van der Waals surface area contributed by atoms with Crippen LogP contribution in [0.2, 0.25) is 0 Å². The van der Waals surface area contributed by atoms with Crippen molar-refractivity contribution in [2.24, 2.45) is 7.05 Å². The van der Waals surface area contributed by atoms with Crippen LogP contribution in [-0.2, 0) is 7.05 Å². The summed E-state index contributed by atoms with van der Waals surface area (Å²) in [6, 6.07) is 9.82. The van der Waals surface area contributed by atoms with Crippen molar-refractivity contribution in [2.75, 3.05) is 0 Å². The van der Waals surface area contributed by atoms with Crippen molar-refractivity contribution < 1.29 is 4.79 Å². The Morgan fingerprint density at radius 1 is 1.30 bits per heavy atom. The highest BCUT2D eigenvalue weighted by molar-refractivity contribution is 5.93. The Hall–Kier alpha value is -2.89. The van der Waals surface area contributed by atoms with Crippen molar-refractivity contribution in [3.8, 4) is 11.3 Å². The third-order valence-electron chi connectivity index (χ3n) is 3.69. The van der Waals surface area contributed by atoms with E-state index in [-0.39, 0.29) is 11.9 Å². The zero-order chi connectivity index (χ0) is 16.2. The number of carbonyl (C=O) groups is 1. The Morgan fingerprint density at radius 2 is 2.09 bits per heavy atom. The van der Waals surface area contributed by atoms with E-state index in [1.807, 2.05) is 37.3 Å². The number of carbonyl (C=O) groups excluding carboxylic acids is 1. The molecular formula is C17H19N5O. The number of hydrogen-bond donors (Lipinski definition) is 2. The van der Waals surface area contributed by atoms with E-state index in [4.69, 9.17) is 0 Å². The second-order valence-electron chi connectivity index (χ2n) is 5.39. The molecule has 1 amide bonds. The number of nitrogens with one attached hydrogen (secondary N) is 2. The van der Waals surface area contributed by atoms with Crippen LogP contribution >= 0.6 is 0 Å². The molecule has 23 heavy (non-hydrogen) atoms. The molecule has 2 aromatic heterocycles. The predicted octanol–water partition coefficient (Wildman–Crippen LogP) is 2.69. The van der Waals surface area contributed by atoms with Crippen LogP contribution < -0.4 is 5.32 Å². The smallest absolute Gasteiger partial charge is 0.255 e. The number of aromatic amines is 1. The Kier molecular flexibility index (Phi) is 4.23. The van der Waals surface area contributed by atoms with Gasteiger partial charge in [-0.3, -0.25) is 9.48 Å². The Labute approximate surface area is 134 Å². The van der Waals surface area contributed by atoms with Gasteiger partial charge in [-0.25, -0.2) is 4.98 Å². The number of hydrogen-bond acceptors (Lipinski definition) is 3. The van der Waals surface area contributed by atoms with Gasteiger partial charge in [-0.1, -0.05) is 37.3 Å². The van der Waals surface area contributed by atoms with Crippen LogP contribution in [0.5, 0.6) is 0 Å². The number of imidazole rings is 1. The maximum absolute atomic E-state index is 12.3. The maximum atomic E-state index is 12.3. The van der Waals surface area contributed by atoms with Crippen molar-refractivity contribution in [2.45, 2.75) is 19.4 Å². The lowest BCUT2D eigenvalue weighted by atomic mass is 10.2. The average molecular weight is 309 g/mol. The summed E-state index contributed by atoms with van der Waals surface area (Å²) in [6.45, 7) is 2.01. The van der Waals surface area contributed by atoms with Gasteiger partial charge in [0.05, 0.1) is 29.7 Å². The number of H-pyrrole nitrogens is 1. The van der Waals surface area contributed by atoms with Crippen LogP contribution in [0.4, 0.5) is 0 Å². The molecule has 3 rings (SSSR count). The standard InChI is InChI=1S/C17H19N5O/c1-3-14(21-17(23)13-9-19-22(2)11-13)16-18-10-15(20-16)12-7-5-4-6-8-12/h4-11,14H,3H2,1-2H3,(H,18,20)(H,21,23)/t14-/m1/s1. The van der Waals surface area contributed by atoms with Gasteiger partial charge in [-0.15, -0.1) is 0 Å². The molecule has 3 aromatic rings. The molecule has 0 bridgehead atoms. The number of rotatable bonds is 5. The van der Waals surface area contributed by atoms with E-state index >= 15 is 0 Å². The largest absolute Gasteiger partial charge is 0.342 e. The van der Waals surface area contributed by atoms with E-state index in [1.165, 1.54) is 0 Å². The highest BCUT2D eigenvalue weighted by Crippen LogP contribution is 2.20. The monoisotopic (exact) mass is 309 g/mol. The maximum Gasteiger partial charge on any atom is 0.255 e. The molecule has 6 nitrogen and oxygen atoms in total. The summed E-state index contributed by atoms with van der Waals surface area (Å²) in [5, 5.41) is 7.01. The molecule has 2 N–H and O–H groups in total. The fraction of sp³-hybridized carbons (Fsp3) is 0.235. The van der Waals surface area contributed by atoms with E-state index in [2.05, 4.69) is 20.4 Å². The minimum Gasteiger partial charge on any atom is -0.342 e. The second kappa shape index (κ2) is 6.48. The van der Waals surface area contributed by atoms with Crippen molar-refractivity contribution in [1.29, 1.82) is 0 Å². The van der Waals surface area contributed by atoms with E-state index in [0.717, 1.165) is 23.5 Å². The fourth-order valence-electron chi connectivity index (χ4n) is 2.42. The van der Waals surface area contributed by atoms with Crippen LogP contribution in [0.15, 0.2) is 48.9 Å². The first kappa shape index (κ1) is 15.0. The van der Waals surface area contributed by atoms with E-state index < -0.39 is 0 Å². The lowest BCUT2D eigenvalue weighted by molar-refractivity contribution is 0.0934. The van der Waals surface area contributed by atoms with Gasteiger partial charge in [0, 0.05) is 13.2 Å². The molecule has 1 aromatic carbocycles. The number of nitrogens with zero attached hydrogens (tertiary/aromatic N) is 3. The summed E-state index contributed by atoms with van der Waals surface area (Å²) in [5.74, 6) is 0.603. The highest BCUT2D eigenvalue weighted by Gasteiger charge is 2.18. The summed E-state index contributed by atoms with van der Waals surface area (Å²) in [6.07, 6.45) is 5.79. The zero-order valence-corrected chi connectivity index (χ0v) is 13.2. The summed E-state index contributed by atoms with van der Waals surface area (Å²) in [4.78, 5) is 20.0. The molecule has 0 saturated heterocycles. The molecule has 0 unspecified atom stereocenters. The quantitative estimate of drug-likeness (QED) is 0.761. The van der Waals surface area contributed by atoms with Gasteiger partial charge >= 0.3 is 0 Å². The third-order valence-corrected chi connectivity index (χ3v) is 3.69. The number of aryl methyl sites for hydroxylation is 1. The molecule has 0 aliphatic rings. The Morgan fingerprint density at radius 3 is 2.74 bits per heavy atom. The molecule has 2 heterocycles. The lowest BCUT2D eigenvalue weighted by Gasteiger charge is -2.14. The molecule has 0 radical (unpaired) electrons. The van der Waals surface area contributed by atoms with Gasteiger partial charge < -0.3 is 10.3 Å². The van der Waals surface area contributed by atoms with E-state index in [9.17, 15) is 4.79 Å². The number of amides is 1. The molecule has 118 valence electrons. The van der Waals surface area contributed by atoms with Gasteiger partial charge in [0.2, 0.25) is 0 Å². The summed E-state index contributed by atoms with van der Waals surface area (Å²) in [7, 11) is 1.78. The molecule has 0 aliphatic heterocycles. The molecule has 0 spiro atoms. The normalized spacial score (nSPS) is 12.1. The molecule has 0 saturated carbocycles. The van der Waals surface area contributed by atoms with Crippen molar-refractivity contribution in [3.63, 3.8) is 0 Å². The highest BCUT2D eigenvalue weighted by atomic mass is 16.1. The number of benzene rings is 1. The molecule has 6 heteroatoms. The number of aromatic nitrogens is 4. The van der Waals surface area contributed by atoms with E-state index in [0.29, 0.717) is 5.56 Å². The topological polar surface area (TPSA) is 75.6 Å².